The van der Waals surface area contributed by atoms with Gasteiger partial charge in [0.15, 0.2) is 0 Å². The van der Waals surface area contributed by atoms with E-state index in [1.165, 1.54) is 11.8 Å². The molecule has 1 saturated heterocycles. The molecule has 0 aromatic carbocycles. The van der Waals surface area contributed by atoms with Crippen molar-refractivity contribution in [3.05, 3.63) is 0 Å². The zero-order chi connectivity index (χ0) is 11.6. The average molecular weight is 236 g/mol. The number of thioether (sulfide) groups is 1. The molecule has 1 fully saturated rings. The standard InChI is InChI=1S/C10H20O4S/c1-4-6-7(11)8(12)9(13)10(14-6)15-5(2)3/h5-13H,4H2,1-3H3/t6?,7-,8?,9+,10+/m0/s1. The lowest BCUT2D eigenvalue weighted by Crippen LogP contribution is -2.56. The van der Waals surface area contributed by atoms with Crippen LogP contribution in [0.3, 0.4) is 0 Å². The van der Waals surface area contributed by atoms with E-state index >= 15 is 0 Å². The van der Waals surface area contributed by atoms with Crippen molar-refractivity contribution in [1.82, 2.24) is 0 Å². The van der Waals surface area contributed by atoms with Gasteiger partial charge in [0.1, 0.15) is 23.7 Å². The summed E-state index contributed by atoms with van der Waals surface area (Å²) in [6, 6.07) is 0. The van der Waals surface area contributed by atoms with Crippen molar-refractivity contribution in [2.45, 2.75) is 62.3 Å². The molecule has 2 unspecified atom stereocenters. The predicted octanol–water partition coefficient (Wildman–Crippen LogP) is 0.346. The van der Waals surface area contributed by atoms with Crippen molar-refractivity contribution in [2.75, 3.05) is 0 Å². The van der Waals surface area contributed by atoms with E-state index in [1.54, 1.807) is 0 Å². The Hall–Kier alpha value is 0.190. The Morgan fingerprint density at radius 2 is 1.73 bits per heavy atom. The molecular weight excluding hydrogens is 216 g/mol. The van der Waals surface area contributed by atoms with Crippen LogP contribution in [0.5, 0.6) is 0 Å². The molecule has 1 heterocycles. The molecule has 0 amide bonds. The molecule has 1 aliphatic heterocycles. The van der Waals surface area contributed by atoms with E-state index in [1.807, 2.05) is 20.8 Å². The summed E-state index contributed by atoms with van der Waals surface area (Å²) in [7, 11) is 0. The minimum Gasteiger partial charge on any atom is -0.388 e. The van der Waals surface area contributed by atoms with E-state index in [4.69, 9.17) is 4.74 Å². The largest absolute Gasteiger partial charge is 0.388 e. The first-order valence-electron chi connectivity index (χ1n) is 5.32. The lowest BCUT2D eigenvalue weighted by Gasteiger charge is -2.40. The van der Waals surface area contributed by atoms with Gasteiger partial charge in [-0.05, 0) is 6.42 Å². The van der Waals surface area contributed by atoms with Gasteiger partial charge in [0.2, 0.25) is 0 Å². The van der Waals surface area contributed by atoms with Gasteiger partial charge in [-0.1, -0.05) is 20.8 Å². The summed E-state index contributed by atoms with van der Waals surface area (Å²) in [5.74, 6) is 0. The summed E-state index contributed by atoms with van der Waals surface area (Å²) in [4.78, 5) is 0. The van der Waals surface area contributed by atoms with Crippen LogP contribution in [-0.4, -0.2) is 50.4 Å². The third-order valence-electron chi connectivity index (χ3n) is 2.48. The van der Waals surface area contributed by atoms with Crippen LogP contribution in [0.25, 0.3) is 0 Å². The van der Waals surface area contributed by atoms with Crippen molar-refractivity contribution >= 4 is 11.8 Å². The number of rotatable bonds is 3. The molecule has 0 saturated carbocycles. The second-order valence-corrected chi connectivity index (χ2v) is 5.79. The maximum Gasteiger partial charge on any atom is 0.132 e. The zero-order valence-electron chi connectivity index (χ0n) is 9.33. The fourth-order valence-corrected chi connectivity index (χ4v) is 2.70. The third-order valence-corrected chi connectivity index (χ3v) is 3.68. The molecule has 0 radical (unpaired) electrons. The molecular formula is C10H20O4S. The van der Waals surface area contributed by atoms with E-state index in [9.17, 15) is 15.3 Å². The maximum atomic E-state index is 9.71. The molecule has 90 valence electrons. The summed E-state index contributed by atoms with van der Waals surface area (Å²) < 4.78 is 5.54. The van der Waals surface area contributed by atoms with E-state index in [2.05, 4.69) is 0 Å². The minimum atomic E-state index is -1.11. The lowest BCUT2D eigenvalue weighted by molar-refractivity contribution is -0.198. The molecule has 0 aromatic rings. The van der Waals surface area contributed by atoms with Gasteiger partial charge >= 0.3 is 0 Å². The highest BCUT2D eigenvalue weighted by Crippen LogP contribution is 2.31. The van der Waals surface area contributed by atoms with Gasteiger partial charge in [0.25, 0.3) is 0 Å². The van der Waals surface area contributed by atoms with Gasteiger partial charge in [-0.3, -0.25) is 0 Å². The quantitative estimate of drug-likeness (QED) is 0.659. The van der Waals surface area contributed by atoms with Crippen LogP contribution in [0.1, 0.15) is 27.2 Å². The van der Waals surface area contributed by atoms with Crippen molar-refractivity contribution < 1.29 is 20.1 Å². The summed E-state index contributed by atoms with van der Waals surface area (Å²) >= 11 is 1.47. The summed E-state index contributed by atoms with van der Waals surface area (Å²) in [6.07, 6.45) is -2.89. The molecule has 0 aromatic heterocycles. The molecule has 3 N–H and O–H groups in total. The monoisotopic (exact) mass is 236 g/mol. The molecule has 4 nitrogen and oxygen atoms in total. The van der Waals surface area contributed by atoms with Crippen LogP contribution < -0.4 is 0 Å². The zero-order valence-corrected chi connectivity index (χ0v) is 10.1. The Morgan fingerprint density at radius 3 is 2.20 bits per heavy atom. The molecule has 1 rings (SSSR count). The van der Waals surface area contributed by atoms with Crippen molar-refractivity contribution in [3.63, 3.8) is 0 Å². The Balaban J connectivity index is 2.65. The maximum absolute atomic E-state index is 9.71. The number of hydrogen-bond acceptors (Lipinski definition) is 5. The molecule has 5 heteroatoms. The van der Waals surface area contributed by atoms with Gasteiger partial charge < -0.3 is 20.1 Å². The van der Waals surface area contributed by atoms with Gasteiger partial charge in [0, 0.05) is 5.25 Å². The van der Waals surface area contributed by atoms with E-state index < -0.39 is 23.7 Å². The van der Waals surface area contributed by atoms with Crippen LogP contribution in [0.2, 0.25) is 0 Å². The molecule has 0 spiro atoms. The van der Waals surface area contributed by atoms with Crippen molar-refractivity contribution in [3.8, 4) is 0 Å². The van der Waals surface area contributed by atoms with Crippen LogP contribution in [0, 0.1) is 0 Å². The van der Waals surface area contributed by atoms with Gasteiger partial charge in [-0.2, -0.15) is 0 Å². The molecule has 0 bridgehead atoms. The van der Waals surface area contributed by atoms with E-state index in [-0.39, 0.29) is 6.10 Å². The SMILES string of the molecule is CCC1O[C@H](SC(C)C)[C@H](O)C(O)[C@H]1O. The second-order valence-electron chi connectivity index (χ2n) is 4.11. The van der Waals surface area contributed by atoms with E-state index in [0.717, 1.165) is 0 Å². The second kappa shape index (κ2) is 5.50. The summed E-state index contributed by atoms with van der Waals surface area (Å²) in [6.45, 7) is 5.88. The van der Waals surface area contributed by atoms with Crippen molar-refractivity contribution in [1.29, 1.82) is 0 Å². The Morgan fingerprint density at radius 1 is 1.13 bits per heavy atom. The van der Waals surface area contributed by atoms with Crippen LogP contribution in [0.15, 0.2) is 0 Å². The number of hydrogen-bond donors (Lipinski definition) is 3. The minimum absolute atomic E-state index is 0.310. The number of ether oxygens (including phenoxy) is 1. The normalized spacial score (nSPS) is 42.2. The number of aliphatic hydroxyl groups is 3. The lowest BCUT2D eigenvalue weighted by atomic mass is 9.98. The first-order chi connectivity index (χ1) is 6.97. The molecule has 1 aliphatic rings. The fourth-order valence-electron chi connectivity index (χ4n) is 1.63. The highest BCUT2D eigenvalue weighted by Gasteiger charge is 2.43. The van der Waals surface area contributed by atoms with Gasteiger partial charge in [-0.15, -0.1) is 11.8 Å². The predicted molar refractivity (Wildman–Crippen MR) is 59.7 cm³/mol. The van der Waals surface area contributed by atoms with E-state index in [0.29, 0.717) is 11.7 Å². The van der Waals surface area contributed by atoms with Crippen molar-refractivity contribution in [2.24, 2.45) is 0 Å². The molecule has 0 aliphatic carbocycles. The van der Waals surface area contributed by atoms with Gasteiger partial charge in [0.05, 0.1) is 6.10 Å². The smallest absolute Gasteiger partial charge is 0.132 e. The Kier molecular flexibility index (Phi) is 4.86. The summed E-state index contributed by atoms with van der Waals surface area (Å²) in [5.41, 5.74) is -0.451. The molecule has 5 atom stereocenters. The fraction of sp³-hybridized carbons (Fsp3) is 1.00. The average Bonchev–Trinajstić information content (AvgIpc) is 2.18. The Labute approximate surface area is 94.6 Å². The van der Waals surface area contributed by atoms with Crippen LogP contribution in [-0.2, 0) is 4.74 Å². The first kappa shape index (κ1) is 13.3. The highest BCUT2D eigenvalue weighted by atomic mass is 32.2. The topological polar surface area (TPSA) is 69.9 Å². The first-order valence-corrected chi connectivity index (χ1v) is 6.26. The third kappa shape index (κ3) is 3.07. The Bertz CT molecular complexity index is 198. The molecule has 15 heavy (non-hydrogen) atoms. The number of aliphatic hydroxyl groups excluding tert-OH is 3. The van der Waals surface area contributed by atoms with Crippen LogP contribution >= 0.6 is 11.8 Å². The highest BCUT2D eigenvalue weighted by molar-refractivity contribution is 8.00. The van der Waals surface area contributed by atoms with Crippen LogP contribution in [0.4, 0.5) is 0 Å². The summed E-state index contributed by atoms with van der Waals surface area (Å²) in [5, 5.41) is 29.3. The van der Waals surface area contributed by atoms with Gasteiger partial charge in [-0.25, -0.2) is 0 Å².